The van der Waals surface area contributed by atoms with Crippen molar-refractivity contribution in [2.45, 2.75) is 39.3 Å². The van der Waals surface area contributed by atoms with E-state index in [4.69, 9.17) is 10.5 Å². The number of ether oxygens (including phenoxy) is 1. The average Bonchev–Trinajstić information content (AvgIpc) is 2.46. The molecule has 1 aromatic carbocycles. The van der Waals surface area contributed by atoms with Gasteiger partial charge in [-0.1, -0.05) is 12.1 Å². The Kier molecular flexibility index (Phi) is 4.96. The molecule has 5 nitrogen and oxygen atoms in total. The van der Waals surface area contributed by atoms with Gasteiger partial charge in [-0.3, -0.25) is 0 Å². The summed E-state index contributed by atoms with van der Waals surface area (Å²) >= 11 is 0. The first-order chi connectivity index (χ1) is 10.3. The van der Waals surface area contributed by atoms with Crippen molar-refractivity contribution in [1.29, 1.82) is 0 Å². The van der Waals surface area contributed by atoms with Crippen LogP contribution in [-0.2, 0) is 4.74 Å². The fourth-order valence-electron chi connectivity index (χ4n) is 2.46. The lowest BCUT2D eigenvalue weighted by molar-refractivity contribution is 0.0240. The maximum atomic E-state index is 12.0. The van der Waals surface area contributed by atoms with E-state index < -0.39 is 5.60 Å². The van der Waals surface area contributed by atoms with Crippen LogP contribution in [-0.4, -0.2) is 42.8 Å². The van der Waals surface area contributed by atoms with Gasteiger partial charge in [-0.15, -0.1) is 0 Å². The quantitative estimate of drug-likeness (QED) is 0.913. The minimum Gasteiger partial charge on any atom is -0.444 e. The number of benzene rings is 1. The Balaban J connectivity index is 1.90. The zero-order chi connectivity index (χ0) is 16.3. The summed E-state index contributed by atoms with van der Waals surface area (Å²) in [5, 5.41) is 0. The molecular formula is C17H27N3O2. The largest absolute Gasteiger partial charge is 0.444 e. The minimum atomic E-state index is -0.442. The summed E-state index contributed by atoms with van der Waals surface area (Å²) in [6.07, 6.45) is -0.223. The number of piperazine rings is 1. The second-order valence-electron chi connectivity index (χ2n) is 6.83. The Bertz CT molecular complexity index is 498. The lowest BCUT2D eigenvalue weighted by Gasteiger charge is -2.36. The molecule has 1 aliphatic rings. The first-order valence-electron chi connectivity index (χ1n) is 7.85. The van der Waals surface area contributed by atoms with Gasteiger partial charge >= 0.3 is 6.09 Å². The van der Waals surface area contributed by atoms with Crippen molar-refractivity contribution >= 4 is 11.8 Å². The second kappa shape index (κ2) is 6.57. The van der Waals surface area contributed by atoms with Gasteiger partial charge in [-0.2, -0.15) is 0 Å². The van der Waals surface area contributed by atoms with Crippen LogP contribution in [0.4, 0.5) is 10.5 Å². The number of hydrogen-bond donors (Lipinski definition) is 1. The fraction of sp³-hybridized carbons (Fsp3) is 0.588. The molecule has 1 aliphatic heterocycles. The summed E-state index contributed by atoms with van der Waals surface area (Å²) in [6.45, 7) is 10.7. The third-order valence-electron chi connectivity index (χ3n) is 3.72. The summed E-state index contributed by atoms with van der Waals surface area (Å²) in [5.41, 5.74) is 7.74. The van der Waals surface area contributed by atoms with Gasteiger partial charge in [0.1, 0.15) is 5.60 Å². The van der Waals surface area contributed by atoms with E-state index >= 15 is 0 Å². The molecule has 2 N–H and O–H groups in total. The van der Waals surface area contributed by atoms with Gasteiger partial charge in [0.05, 0.1) is 0 Å². The molecule has 0 aromatic heterocycles. The van der Waals surface area contributed by atoms with Crippen LogP contribution in [0.15, 0.2) is 24.3 Å². The van der Waals surface area contributed by atoms with Gasteiger partial charge < -0.3 is 20.3 Å². The van der Waals surface area contributed by atoms with E-state index in [1.54, 1.807) is 4.90 Å². The lowest BCUT2D eigenvalue weighted by atomic mass is 10.1. The first-order valence-corrected chi connectivity index (χ1v) is 7.85. The number of rotatable bonds is 2. The molecule has 1 atom stereocenters. The fourth-order valence-corrected chi connectivity index (χ4v) is 2.46. The van der Waals surface area contributed by atoms with Crippen molar-refractivity contribution in [3.8, 4) is 0 Å². The molecule has 1 heterocycles. The lowest BCUT2D eigenvalue weighted by Crippen LogP contribution is -2.50. The van der Waals surface area contributed by atoms with Crippen LogP contribution in [0.5, 0.6) is 0 Å². The van der Waals surface area contributed by atoms with Crippen molar-refractivity contribution in [2.75, 3.05) is 31.1 Å². The van der Waals surface area contributed by atoms with E-state index in [2.05, 4.69) is 29.2 Å². The molecule has 122 valence electrons. The van der Waals surface area contributed by atoms with Crippen molar-refractivity contribution in [3.05, 3.63) is 29.8 Å². The van der Waals surface area contributed by atoms with Crippen LogP contribution >= 0.6 is 0 Å². The molecule has 0 spiro atoms. The summed E-state index contributed by atoms with van der Waals surface area (Å²) in [5.74, 6) is 0. The molecular weight excluding hydrogens is 278 g/mol. The van der Waals surface area contributed by atoms with Crippen LogP contribution in [0.1, 0.15) is 39.3 Å². The van der Waals surface area contributed by atoms with E-state index in [-0.39, 0.29) is 12.1 Å². The summed E-state index contributed by atoms with van der Waals surface area (Å²) in [6, 6.07) is 8.39. The van der Waals surface area contributed by atoms with E-state index in [9.17, 15) is 4.79 Å². The Hall–Kier alpha value is -1.75. The average molecular weight is 305 g/mol. The maximum Gasteiger partial charge on any atom is 0.410 e. The number of carbonyl (C=O) groups excluding carboxylic acids is 1. The zero-order valence-electron chi connectivity index (χ0n) is 14.0. The number of anilines is 1. The number of carbonyl (C=O) groups is 1. The molecule has 0 unspecified atom stereocenters. The topological polar surface area (TPSA) is 58.8 Å². The zero-order valence-corrected chi connectivity index (χ0v) is 14.0. The minimum absolute atomic E-state index is 0.0538. The van der Waals surface area contributed by atoms with Crippen LogP contribution in [0.2, 0.25) is 0 Å². The molecule has 5 heteroatoms. The molecule has 0 saturated carbocycles. The number of nitrogens with two attached hydrogens (primary N) is 1. The third-order valence-corrected chi connectivity index (χ3v) is 3.72. The SMILES string of the molecule is C[C@@H](N)c1ccc(N2CCN(C(=O)OC(C)(C)C)CC2)cc1. The van der Waals surface area contributed by atoms with Gasteiger partial charge in [0, 0.05) is 37.9 Å². The molecule has 1 fully saturated rings. The van der Waals surface area contributed by atoms with E-state index in [1.807, 2.05) is 27.7 Å². The van der Waals surface area contributed by atoms with Gasteiger partial charge in [-0.25, -0.2) is 4.79 Å². The second-order valence-corrected chi connectivity index (χ2v) is 6.83. The summed E-state index contributed by atoms with van der Waals surface area (Å²) in [7, 11) is 0. The van der Waals surface area contributed by atoms with Crippen molar-refractivity contribution in [1.82, 2.24) is 4.90 Å². The summed E-state index contributed by atoms with van der Waals surface area (Å²) < 4.78 is 5.41. The Morgan fingerprint density at radius 2 is 1.68 bits per heavy atom. The molecule has 0 bridgehead atoms. The van der Waals surface area contributed by atoms with E-state index in [0.29, 0.717) is 13.1 Å². The van der Waals surface area contributed by atoms with Gasteiger partial charge in [0.15, 0.2) is 0 Å². The number of nitrogens with zero attached hydrogens (tertiary/aromatic N) is 2. The molecule has 0 aliphatic carbocycles. The molecule has 2 rings (SSSR count). The highest BCUT2D eigenvalue weighted by atomic mass is 16.6. The predicted octanol–water partition coefficient (Wildman–Crippen LogP) is 2.76. The molecule has 1 amide bonds. The highest BCUT2D eigenvalue weighted by Crippen LogP contribution is 2.20. The number of amides is 1. The van der Waals surface area contributed by atoms with Gasteiger partial charge in [-0.05, 0) is 45.4 Å². The summed E-state index contributed by atoms with van der Waals surface area (Å²) in [4.78, 5) is 16.1. The van der Waals surface area contributed by atoms with Crippen molar-refractivity contribution < 1.29 is 9.53 Å². The first kappa shape index (κ1) is 16.6. The Morgan fingerprint density at radius 1 is 1.14 bits per heavy atom. The monoisotopic (exact) mass is 305 g/mol. The van der Waals surface area contributed by atoms with Crippen LogP contribution in [0, 0.1) is 0 Å². The highest BCUT2D eigenvalue weighted by Gasteiger charge is 2.25. The molecule has 1 saturated heterocycles. The van der Waals surface area contributed by atoms with E-state index in [0.717, 1.165) is 18.7 Å². The smallest absolute Gasteiger partial charge is 0.410 e. The Morgan fingerprint density at radius 3 is 2.14 bits per heavy atom. The maximum absolute atomic E-state index is 12.0. The van der Waals surface area contributed by atoms with E-state index in [1.165, 1.54) is 5.69 Å². The molecule has 22 heavy (non-hydrogen) atoms. The van der Waals surface area contributed by atoms with Crippen LogP contribution in [0.3, 0.4) is 0 Å². The predicted molar refractivity (Wildman–Crippen MR) is 89.1 cm³/mol. The molecule has 0 radical (unpaired) electrons. The molecule has 1 aromatic rings. The highest BCUT2D eigenvalue weighted by molar-refractivity contribution is 5.68. The standard InChI is InChI=1S/C17H27N3O2/c1-13(18)14-5-7-15(8-6-14)19-9-11-20(12-10-19)16(21)22-17(2,3)4/h5-8,13H,9-12,18H2,1-4H3/t13-/m1/s1. The van der Waals surface area contributed by atoms with Crippen molar-refractivity contribution in [3.63, 3.8) is 0 Å². The normalized spacial score (nSPS) is 17.3. The number of hydrogen-bond acceptors (Lipinski definition) is 4. The van der Waals surface area contributed by atoms with Crippen molar-refractivity contribution in [2.24, 2.45) is 5.73 Å². The Labute approximate surface area is 133 Å². The third kappa shape index (κ3) is 4.37. The van der Waals surface area contributed by atoms with Gasteiger partial charge in [0.2, 0.25) is 0 Å². The van der Waals surface area contributed by atoms with Gasteiger partial charge in [0.25, 0.3) is 0 Å². The van der Waals surface area contributed by atoms with Crippen LogP contribution < -0.4 is 10.6 Å². The van der Waals surface area contributed by atoms with Crippen LogP contribution in [0.25, 0.3) is 0 Å².